The van der Waals surface area contributed by atoms with Crippen molar-refractivity contribution in [1.29, 1.82) is 0 Å². The van der Waals surface area contributed by atoms with Crippen molar-refractivity contribution in [2.45, 2.75) is 46.1 Å². The minimum Gasteiger partial charge on any atom is -0.484 e. The van der Waals surface area contributed by atoms with Crippen LogP contribution in [0.25, 0.3) is 0 Å². The number of anilines is 2. The van der Waals surface area contributed by atoms with Gasteiger partial charge in [-0.3, -0.25) is 4.79 Å². The summed E-state index contributed by atoms with van der Waals surface area (Å²) in [5.41, 5.74) is 4.28. The van der Waals surface area contributed by atoms with Gasteiger partial charge < -0.3 is 15.0 Å². The fraction of sp³-hybridized carbons (Fsp3) is 0.409. The molecule has 0 saturated carbocycles. The standard InChI is InChI=1S/C22H28N2O2/c1-16-12-17(2)14-21(13-16)26-15-22(25)23-19-7-9-20(10-8-19)24-11-5-4-6-18(24)3/h7-10,12-14,18H,4-6,11,15H2,1-3H3,(H,23,25). The molecule has 2 aromatic rings. The highest BCUT2D eigenvalue weighted by molar-refractivity contribution is 5.92. The molecule has 138 valence electrons. The van der Waals surface area contributed by atoms with Gasteiger partial charge >= 0.3 is 0 Å². The van der Waals surface area contributed by atoms with Crippen molar-refractivity contribution >= 4 is 17.3 Å². The summed E-state index contributed by atoms with van der Waals surface area (Å²) in [6.07, 6.45) is 3.80. The second-order valence-corrected chi connectivity index (χ2v) is 7.25. The van der Waals surface area contributed by atoms with Crippen LogP contribution >= 0.6 is 0 Å². The molecule has 1 N–H and O–H groups in total. The maximum atomic E-state index is 12.1. The summed E-state index contributed by atoms with van der Waals surface area (Å²) in [4.78, 5) is 14.6. The third-order valence-corrected chi connectivity index (χ3v) is 4.85. The zero-order chi connectivity index (χ0) is 18.5. The van der Waals surface area contributed by atoms with Gasteiger partial charge in [0.15, 0.2) is 6.61 Å². The number of nitrogens with one attached hydrogen (secondary N) is 1. The normalized spacial score (nSPS) is 17.0. The third kappa shape index (κ3) is 4.78. The number of carbonyl (C=O) groups excluding carboxylic acids is 1. The van der Waals surface area contributed by atoms with E-state index in [0.29, 0.717) is 6.04 Å². The van der Waals surface area contributed by atoms with Crippen LogP contribution in [0.5, 0.6) is 5.75 Å². The highest BCUT2D eigenvalue weighted by Gasteiger charge is 2.18. The molecule has 4 heteroatoms. The Morgan fingerprint density at radius 1 is 1.12 bits per heavy atom. The lowest BCUT2D eigenvalue weighted by Crippen LogP contribution is -2.37. The van der Waals surface area contributed by atoms with Crippen LogP contribution in [0.15, 0.2) is 42.5 Å². The molecule has 4 nitrogen and oxygen atoms in total. The Bertz CT molecular complexity index is 735. The van der Waals surface area contributed by atoms with E-state index in [4.69, 9.17) is 4.74 Å². The molecule has 1 fully saturated rings. The molecule has 3 rings (SSSR count). The molecule has 1 unspecified atom stereocenters. The first kappa shape index (κ1) is 18.3. The number of aryl methyl sites for hydroxylation is 2. The average Bonchev–Trinajstić information content (AvgIpc) is 2.60. The van der Waals surface area contributed by atoms with Crippen molar-refractivity contribution < 1.29 is 9.53 Å². The minimum absolute atomic E-state index is 0.00774. The molecular weight excluding hydrogens is 324 g/mol. The molecule has 26 heavy (non-hydrogen) atoms. The van der Waals surface area contributed by atoms with Crippen LogP contribution in [0, 0.1) is 13.8 Å². The van der Waals surface area contributed by atoms with Gasteiger partial charge in [0, 0.05) is 24.0 Å². The van der Waals surface area contributed by atoms with Gasteiger partial charge in [0.05, 0.1) is 0 Å². The van der Waals surface area contributed by atoms with Crippen molar-refractivity contribution in [2.24, 2.45) is 0 Å². The Hall–Kier alpha value is -2.49. The summed E-state index contributed by atoms with van der Waals surface area (Å²) in [5, 5.41) is 2.90. The van der Waals surface area contributed by atoms with Crippen molar-refractivity contribution in [2.75, 3.05) is 23.4 Å². The Kier molecular flexibility index (Phi) is 5.82. The van der Waals surface area contributed by atoms with E-state index in [1.807, 2.05) is 38.1 Å². The Labute approximate surface area is 156 Å². The van der Waals surface area contributed by atoms with Crippen LogP contribution in [0.2, 0.25) is 0 Å². The van der Waals surface area contributed by atoms with E-state index in [0.717, 1.165) is 29.1 Å². The first-order valence-electron chi connectivity index (χ1n) is 9.39. The number of nitrogens with zero attached hydrogens (tertiary/aromatic N) is 1. The topological polar surface area (TPSA) is 41.6 Å². The van der Waals surface area contributed by atoms with Crippen LogP contribution in [0.1, 0.15) is 37.3 Å². The zero-order valence-electron chi connectivity index (χ0n) is 15.9. The number of piperidine rings is 1. The number of rotatable bonds is 5. The molecular formula is C22H28N2O2. The fourth-order valence-corrected chi connectivity index (χ4v) is 3.58. The number of benzene rings is 2. The smallest absolute Gasteiger partial charge is 0.262 e. The van der Waals surface area contributed by atoms with Crippen molar-refractivity contribution in [3.05, 3.63) is 53.6 Å². The van der Waals surface area contributed by atoms with Crippen LogP contribution in [-0.4, -0.2) is 25.1 Å². The van der Waals surface area contributed by atoms with Crippen LogP contribution < -0.4 is 15.0 Å². The number of hydrogen-bond donors (Lipinski definition) is 1. The molecule has 1 aliphatic heterocycles. The van der Waals surface area contributed by atoms with E-state index in [-0.39, 0.29) is 12.5 Å². The highest BCUT2D eigenvalue weighted by atomic mass is 16.5. The number of carbonyl (C=O) groups is 1. The summed E-state index contributed by atoms with van der Waals surface area (Å²) in [7, 11) is 0. The highest BCUT2D eigenvalue weighted by Crippen LogP contribution is 2.25. The van der Waals surface area contributed by atoms with E-state index in [1.165, 1.54) is 24.9 Å². The number of hydrogen-bond acceptors (Lipinski definition) is 3. The molecule has 0 spiro atoms. The van der Waals surface area contributed by atoms with Crippen LogP contribution in [-0.2, 0) is 4.79 Å². The predicted octanol–water partition coefficient (Wildman–Crippen LogP) is 4.70. The predicted molar refractivity (Wildman–Crippen MR) is 107 cm³/mol. The summed E-state index contributed by atoms with van der Waals surface area (Å²) in [5.74, 6) is 0.579. The molecule has 1 saturated heterocycles. The minimum atomic E-state index is -0.150. The van der Waals surface area contributed by atoms with E-state index >= 15 is 0 Å². The van der Waals surface area contributed by atoms with E-state index in [1.54, 1.807) is 0 Å². The molecule has 0 bridgehead atoms. The lowest BCUT2D eigenvalue weighted by atomic mass is 10.0. The van der Waals surface area contributed by atoms with Crippen molar-refractivity contribution in [1.82, 2.24) is 0 Å². The molecule has 1 amide bonds. The van der Waals surface area contributed by atoms with E-state index < -0.39 is 0 Å². The average molecular weight is 352 g/mol. The largest absolute Gasteiger partial charge is 0.484 e. The Morgan fingerprint density at radius 3 is 2.46 bits per heavy atom. The van der Waals surface area contributed by atoms with E-state index in [2.05, 4.69) is 35.3 Å². The second-order valence-electron chi connectivity index (χ2n) is 7.25. The molecule has 0 aliphatic carbocycles. The maximum Gasteiger partial charge on any atom is 0.262 e. The van der Waals surface area contributed by atoms with Gasteiger partial charge in [-0.05, 0) is 87.6 Å². The van der Waals surface area contributed by atoms with Crippen molar-refractivity contribution in [3.8, 4) is 5.75 Å². The summed E-state index contributed by atoms with van der Waals surface area (Å²) >= 11 is 0. The lowest BCUT2D eigenvalue weighted by Gasteiger charge is -2.35. The molecule has 2 aromatic carbocycles. The lowest BCUT2D eigenvalue weighted by molar-refractivity contribution is -0.118. The summed E-state index contributed by atoms with van der Waals surface area (Å²) in [6.45, 7) is 7.43. The van der Waals surface area contributed by atoms with Crippen molar-refractivity contribution in [3.63, 3.8) is 0 Å². The molecule has 1 heterocycles. The van der Waals surface area contributed by atoms with Gasteiger partial charge in [0.1, 0.15) is 5.75 Å². The first-order valence-corrected chi connectivity index (χ1v) is 9.39. The molecule has 0 aromatic heterocycles. The second kappa shape index (κ2) is 8.26. The van der Waals surface area contributed by atoms with Gasteiger partial charge in [0.25, 0.3) is 5.91 Å². The molecule has 1 aliphatic rings. The molecule has 0 radical (unpaired) electrons. The number of amides is 1. The van der Waals surface area contributed by atoms with Gasteiger partial charge in [0.2, 0.25) is 0 Å². The van der Waals surface area contributed by atoms with Gasteiger partial charge in [-0.1, -0.05) is 6.07 Å². The van der Waals surface area contributed by atoms with Gasteiger partial charge in [-0.25, -0.2) is 0 Å². The monoisotopic (exact) mass is 352 g/mol. The Morgan fingerprint density at radius 2 is 1.81 bits per heavy atom. The summed E-state index contributed by atoms with van der Waals surface area (Å²) < 4.78 is 5.61. The van der Waals surface area contributed by atoms with Gasteiger partial charge in [-0.15, -0.1) is 0 Å². The maximum absolute atomic E-state index is 12.1. The third-order valence-electron chi connectivity index (χ3n) is 4.85. The zero-order valence-corrected chi connectivity index (χ0v) is 15.9. The Balaban J connectivity index is 1.54. The van der Waals surface area contributed by atoms with E-state index in [9.17, 15) is 4.79 Å². The van der Waals surface area contributed by atoms with Crippen LogP contribution in [0.4, 0.5) is 11.4 Å². The first-order chi connectivity index (χ1) is 12.5. The van der Waals surface area contributed by atoms with Gasteiger partial charge in [-0.2, -0.15) is 0 Å². The number of ether oxygens (including phenoxy) is 1. The quantitative estimate of drug-likeness (QED) is 0.848. The van der Waals surface area contributed by atoms with Crippen LogP contribution in [0.3, 0.4) is 0 Å². The molecule has 1 atom stereocenters. The summed E-state index contributed by atoms with van der Waals surface area (Å²) in [6, 6.07) is 14.6. The SMILES string of the molecule is Cc1cc(C)cc(OCC(=O)Nc2ccc(N3CCCCC3C)cc2)c1. The fourth-order valence-electron chi connectivity index (χ4n) is 3.58.